The molecule has 0 spiro atoms. The lowest BCUT2D eigenvalue weighted by atomic mass is 10.1. The van der Waals surface area contributed by atoms with Gasteiger partial charge in [-0.15, -0.1) is 0 Å². The Labute approximate surface area is 230 Å². The SMILES string of the molecule is COCCN(Cc1c(-c2ccccc2)nn(C)c1Oc1cccc(OC)c1)C[C@H](O)COCc1ccccc1. The molecular weight excluding hydrogens is 494 g/mol. The summed E-state index contributed by atoms with van der Waals surface area (Å²) >= 11 is 0. The second kappa shape index (κ2) is 14.5. The van der Waals surface area contributed by atoms with E-state index in [0.29, 0.717) is 50.2 Å². The van der Waals surface area contributed by atoms with Gasteiger partial charge in [0, 0.05) is 45.4 Å². The highest BCUT2D eigenvalue weighted by Gasteiger charge is 2.23. The number of ether oxygens (including phenoxy) is 4. The summed E-state index contributed by atoms with van der Waals surface area (Å²) in [6.45, 7) is 2.72. The topological polar surface area (TPSA) is 78.2 Å². The molecule has 8 nitrogen and oxygen atoms in total. The van der Waals surface area contributed by atoms with E-state index in [0.717, 1.165) is 22.4 Å². The third kappa shape index (κ3) is 8.15. The Morgan fingerprint density at radius 1 is 0.923 bits per heavy atom. The molecule has 0 unspecified atom stereocenters. The Balaban J connectivity index is 1.56. The standard InChI is InChI=1S/C31H37N3O5/c1-33-31(39-28-16-10-15-27(19-28)37-3)29(30(32-33)25-13-8-5-9-14-25)21-34(17-18-36-2)20-26(35)23-38-22-24-11-6-4-7-12-24/h4-16,19,26,35H,17-18,20-23H2,1-3H3/t26-/m0/s1. The first-order valence-electron chi connectivity index (χ1n) is 13.0. The Morgan fingerprint density at radius 3 is 2.36 bits per heavy atom. The van der Waals surface area contributed by atoms with E-state index >= 15 is 0 Å². The van der Waals surface area contributed by atoms with Crippen molar-refractivity contribution >= 4 is 0 Å². The van der Waals surface area contributed by atoms with Crippen LogP contribution in [0.15, 0.2) is 84.9 Å². The summed E-state index contributed by atoms with van der Waals surface area (Å²) in [6.07, 6.45) is -0.676. The van der Waals surface area contributed by atoms with Gasteiger partial charge in [0.15, 0.2) is 0 Å². The highest BCUT2D eigenvalue weighted by Crippen LogP contribution is 2.35. The van der Waals surface area contributed by atoms with Crippen molar-refractivity contribution in [3.63, 3.8) is 0 Å². The molecule has 1 heterocycles. The molecule has 1 atom stereocenters. The zero-order chi connectivity index (χ0) is 27.5. The molecule has 0 amide bonds. The van der Waals surface area contributed by atoms with Crippen LogP contribution < -0.4 is 9.47 Å². The van der Waals surface area contributed by atoms with E-state index in [1.807, 2.05) is 92.0 Å². The molecule has 0 fully saturated rings. The highest BCUT2D eigenvalue weighted by molar-refractivity contribution is 5.65. The van der Waals surface area contributed by atoms with E-state index in [1.54, 1.807) is 18.9 Å². The van der Waals surface area contributed by atoms with Gasteiger partial charge in [0.1, 0.15) is 17.2 Å². The van der Waals surface area contributed by atoms with Gasteiger partial charge < -0.3 is 24.1 Å². The monoisotopic (exact) mass is 531 g/mol. The van der Waals surface area contributed by atoms with Crippen molar-refractivity contribution in [2.75, 3.05) is 40.5 Å². The molecule has 1 aromatic heterocycles. The lowest BCUT2D eigenvalue weighted by Crippen LogP contribution is -2.36. The molecule has 0 saturated carbocycles. The molecule has 0 bridgehead atoms. The number of aryl methyl sites for hydroxylation is 1. The maximum atomic E-state index is 10.9. The van der Waals surface area contributed by atoms with Crippen LogP contribution in [0.4, 0.5) is 0 Å². The summed E-state index contributed by atoms with van der Waals surface area (Å²) in [5.74, 6) is 1.98. The molecule has 0 aliphatic heterocycles. The van der Waals surface area contributed by atoms with Crippen LogP contribution in [0, 0.1) is 0 Å². The average molecular weight is 532 g/mol. The second-order valence-corrected chi connectivity index (χ2v) is 9.29. The summed E-state index contributed by atoms with van der Waals surface area (Å²) in [6, 6.07) is 27.5. The van der Waals surface area contributed by atoms with Crippen LogP contribution >= 0.6 is 0 Å². The number of nitrogens with zero attached hydrogens (tertiary/aromatic N) is 3. The molecule has 0 aliphatic rings. The Kier molecular flexibility index (Phi) is 10.5. The zero-order valence-corrected chi connectivity index (χ0v) is 22.8. The molecule has 1 N–H and O–H groups in total. The maximum absolute atomic E-state index is 10.9. The number of rotatable bonds is 15. The third-order valence-corrected chi connectivity index (χ3v) is 6.27. The molecule has 4 aromatic rings. The summed E-state index contributed by atoms with van der Waals surface area (Å²) in [5, 5.41) is 15.7. The Bertz CT molecular complexity index is 1280. The smallest absolute Gasteiger partial charge is 0.222 e. The van der Waals surface area contributed by atoms with E-state index in [-0.39, 0.29) is 6.61 Å². The van der Waals surface area contributed by atoms with E-state index in [9.17, 15) is 5.11 Å². The number of hydrogen-bond donors (Lipinski definition) is 1. The summed E-state index contributed by atoms with van der Waals surface area (Å²) in [7, 11) is 5.18. The average Bonchev–Trinajstić information content (AvgIpc) is 3.27. The third-order valence-electron chi connectivity index (χ3n) is 6.27. The largest absolute Gasteiger partial charge is 0.497 e. The lowest BCUT2D eigenvalue weighted by Gasteiger charge is -2.25. The number of aliphatic hydroxyl groups excluding tert-OH is 1. The first-order valence-corrected chi connectivity index (χ1v) is 13.0. The fourth-order valence-corrected chi connectivity index (χ4v) is 4.34. The molecule has 0 radical (unpaired) electrons. The number of methoxy groups -OCH3 is 2. The van der Waals surface area contributed by atoms with Crippen LogP contribution in [-0.4, -0.2) is 66.4 Å². The second-order valence-electron chi connectivity index (χ2n) is 9.29. The van der Waals surface area contributed by atoms with Gasteiger partial charge in [-0.1, -0.05) is 66.7 Å². The fourth-order valence-electron chi connectivity index (χ4n) is 4.34. The quantitative estimate of drug-likeness (QED) is 0.233. The number of aromatic nitrogens is 2. The normalized spacial score (nSPS) is 12.0. The van der Waals surface area contributed by atoms with Gasteiger partial charge in [0.05, 0.1) is 38.6 Å². The van der Waals surface area contributed by atoms with Gasteiger partial charge in [0.2, 0.25) is 5.88 Å². The van der Waals surface area contributed by atoms with Crippen LogP contribution in [0.3, 0.4) is 0 Å². The van der Waals surface area contributed by atoms with Crippen molar-refractivity contribution in [2.45, 2.75) is 19.3 Å². The molecule has 3 aromatic carbocycles. The molecule has 0 aliphatic carbocycles. The highest BCUT2D eigenvalue weighted by atomic mass is 16.5. The van der Waals surface area contributed by atoms with Gasteiger partial charge >= 0.3 is 0 Å². The Hall–Kier alpha value is -3.69. The van der Waals surface area contributed by atoms with Crippen molar-refractivity contribution in [1.29, 1.82) is 0 Å². The van der Waals surface area contributed by atoms with Crippen molar-refractivity contribution in [1.82, 2.24) is 14.7 Å². The fraction of sp³-hybridized carbons (Fsp3) is 0.323. The number of hydrogen-bond acceptors (Lipinski definition) is 7. The molecule has 39 heavy (non-hydrogen) atoms. The van der Waals surface area contributed by atoms with Gasteiger partial charge in [-0.05, 0) is 17.7 Å². The predicted octanol–water partition coefficient (Wildman–Crippen LogP) is 4.91. The van der Waals surface area contributed by atoms with E-state index in [4.69, 9.17) is 24.0 Å². The first-order chi connectivity index (χ1) is 19.1. The van der Waals surface area contributed by atoms with Crippen LogP contribution in [0.5, 0.6) is 17.4 Å². The van der Waals surface area contributed by atoms with Gasteiger partial charge in [-0.25, -0.2) is 4.68 Å². The van der Waals surface area contributed by atoms with Gasteiger partial charge in [0.25, 0.3) is 0 Å². The molecule has 0 saturated heterocycles. The molecular formula is C31H37N3O5. The molecule has 8 heteroatoms. The molecule has 206 valence electrons. The predicted molar refractivity (Wildman–Crippen MR) is 151 cm³/mol. The van der Waals surface area contributed by atoms with Gasteiger partial charge in [-0.3, -0.25) is 4.90 Å². The Morgan fingerprint density at radius 2 is 1.64 bits per heavy atom. The maximum Gasteiger partial charge on any atom is 0.222 e. The minimum atomic E-state index is -0.676. The van der Waals surface area contributed by atoms with Crippen LogP contribution in [0.1, 0.15) is 11.1 Å². The van der Waals surface area contributed by atoms with Crippen LogP contribution in [-0.2, 0) is 29.7 Å². The van der Waals surface area contributed by atoms with Crippen molar-refractivity contribution in [3.8, 4) is 28.6 Å². The van der Waals surface area contributed by atoms with E-state index in [1.165, 1.54) is 0 Å². The summed E-state index contributed by atoms with van der Waals surface area (Å²) < 4.78 is 24.7. The number of aliphatic hydroxyl groups is 1. The minimum absolute atomic E-state index is 0.226. The van der Waals surface area contributed by atoms with Crippen molar-refractivity contribution in [2.24, 2.45) is 7.05 Å². The van der Waals surface area contributed by atoms with E-state index in [2.05, 4.69) is 4.90 Å². The zero-order valence-electron chi connectivity index (χ0n) is 22.8. The van der Waals surface area contributed by atoms with E-state index < -0.39 is 6.10 Å². The summed E-state index contributed by atoms with van der Waals surface area (Å²) in [4.78, 5) is 2.14. The van der Waals surface area contributed by atoms with Crippen molar-refractivity contribution in [3.05, 3.63) is 96.1 Å². The number of benzene rings is 3. The summed E-state index contributed by atoms with van der Waals surface area (Å²) in [5.41, 5.74) is 3.80. The van der Waals surface area contributed by atoms with Gasteiger partial charge in [-0.2, -0.15) is 5.10 Å². The van der Waals surface area contributed by atoms with Crippen LogP contribution in [0.2, 0.25) is 0 Å². The van der Waals surface area contributed by atoms with Crippen LogP contribution in [0.25, 0.3) is 11.3 Å². The van der Waals surface area contributed by atoms with Crippen molar-refractivity contribution < 1.29 is 24.1 Å². The molecule has 4 rings (SSSR count). The minimum Gasteiger partial charge on any atom is -0.497 e. The lowest BCUT2D eigenvalue weighted by molar-refractivity contribution is 0.00472. The first kappa shape index (κ1) is 28.3.